The van der Waals surface area contributed by atoms with Crippen molar-refractivity contribution in [2.24, 2.45) is 5.73 Å². The summed E-state index contributed by atoms with van der Waals surface area (Å²) in [4.78, 5) is 15.6. The molecule has 0 radical (unpaired) electrons. The molecular weight excluding hydrogens is 202 g/mol. The van der Waals surface area contributed by atoms with Crippen LogP contribution >= 0.6 is 0 Å². The van der Waals surface area contributed by atoms with Crippen molar-refractivity contribution in [3.8, 4) is 0 Å². The SMILES string of the molecule is CCCC(CN)NC(=O)Cc1ccncc1. The van der Waals surface area contributed by atoms with E-state index in [1.54, 1.807) is 12.4 Å². The monoisotopic (exact) mass is 221 g/mol. The number of aromatic nitrogens is 1. The average Bonchev–Trinajstić information content (AvgIpc) is 2.29. The highest BCUT2D eigenvalue weighted by atomic mass is 16.1. The third-order valence-electron chi connectivity index (χ3n) is 2.40. The second-order valence-electron chi connectivity index (χ2n) is 3.82. The molecular formula is C12H19N3O. The highest BCUT2D eigenvalue weighted by Gasteiger charge is 2.09. The summed E-state index contributed by atoms with van der Waals surface area (Å²) >= 11 is 0. The van der Waals surface area contributed by atoms with Crippen LogP contribution in [0.15, 0.2) is 24.5 Å². The molecule has 0 saturated carbocycles. The van der Waals surface area contributed by atoms with Crippen LogP contribution in [0.2, 0.25) is 0 Å². The highest BCUT2D eigenvalue weighted by Crippen LogP contribution is 1.99. The lowest BCUT2D eigenvalue weighted by atomic mass is 10.1. The molecule has 1 unspecified atom stereocenters. The standard InChI is InChI=1S/C12H19N3O/c1-2-3-11(9-13)15-12(16)8-10-4-6-14-7-5-10/h4-7,11H,2-3,8-9,13H2,1H3,(H,15,16). The summed E-state index contributed by atoms with van der Waals surface area (Å²) in [7, 11) is 0. The topological polar surface area (TPSA) is 68.0 Å². The molecule has 16 heavy (non-hydrogen) atoms. The lowest BCUT2D eigenvalue weighted by Gasteiger charge is -2.15. The Morgan fingerprint density at radius 2 is 2.19 bits per heavy atom. The lowest BCUT2D eigenvalue weighted by molar-refractivity contribution is -0.121. The van der Waals surface area contributed by atoms with Crippen LogP contribution in [0.4, 0.5) is 0 Å². The van der Waals surface area contributed by atoms with Crippen LogP contribution in [0, 0.1) is 0 Å². The van der Waals surface area contributed by atoms with Gasteiger partial charge in [-0.05, 0) is 24.1 Å². The second kappa shape index (κ2) is 6.95. The lowest BCUT2D eigenvalue weighted by Crippen LogP contribution is -2.40. The van der Waals surface area contributed by atoms with Gasteiger partial charge in [0.2, 0.25) is 5.91 Å². The van der Waals surface area contributed by atoms with Gasteiger partial charge in [-0.25, -0.2) is 0 Å². The van der Waals surface area contributed by atoms with Crippen LogP contribution in [0.5, 0.6) is 0 Å². The van der Waals surface area contributed by atoms with Crippen molar-refractivity contribution in [1.29, 1.82) is 0 Å². The van der Waals surface area contributed by atoms with Crippen molar-refractivity contribution in [2.75, 3.05) is 6.54 Å². The van der Waals surface area contributed by atoms with E-state index in [9.17, 15) is 4.79 Å². The fraction of sp³-hybridized carbons (Fsp3) is 0.500. The Labute approximate surface area is 96.3 Å². The molecule has 0 bridgehead atoms. The third-order valence-corrected chi connectivity index (χ3v) is 2.40. The Bertz CT molecular complexity index is 313. The molecule has 1 atom stereocenters. The number of nitrogens with one attached hydrogen (secondary N) is 1. The number of hydrogen-bond acceptors (Lipinski definition) is 3. The van der Waals surface area contributed by atoms with Crippen molar-refractivity contribution in [2.45, 2.75) is 32.2 Å². The maximum absolute atomic E-state index is 11.7. The quantitative estimate of drug-likeness (QED) is 0.749. The van der Waals surface area contributed by atoms with Crippen molar-refractivity contribution in [3.05, 3.63) is 30.1 Å². The molecule has 4 nitrogen and oxygen atoms in total. The Kier molecular flexibility index (Phi) is 5.50. The summed E-state index contributed by atoms with van der Waals surface area (Å²) in [6, 6.07) is 3.78. The van der Waals surface area contributed by atoms with Crippen LogP contribution in [0.25, 0.3) is 0 Å². The van der Waals surface area contributed by atoms with E-state index in [1.165, 1.54) is 0 Å². The summed E-state index contributed by atoms with van der Waals surface area (Å²) < 4.78 is 0. The van der Waals surface area contributed by atoms with Gasteiger partial charge in [-0.15, -0.1) is 0 Å². The van der Waals surface area contributed by atoms with Crippen LogP contribution in [-0.4, -0.2) is 23.5 Å². The number of hydrogen-bond donors (Lipinski definition) is 2. The summed E-state index contributed by atoms with van der Waals surface area (Å²) in [5.74, 6) is 0.0232. The number of rotatable bonds is 6. The minimum atomic E-state index is 0.0232. The smallest absolute Gasteiger partial charge is 0.224 e. The van der Waals surface area contributed by atoms with Gasteiger partial charge in [0, 0.05) is 25.0 Å². The van der Waals surface area contributed by atoms with Gasteiger partial charge in [0.05, 0.1) is 6.42 Å². The van der Waals surface area contributed by atoms with E-state index in [0.29, 0.717) is 13.0 Å². The Morgan fingerprint density at radius 1 is 1.50 bits per heavy atom. The highest BCUT2D eigenvalue weighted by molar-refractivity contribution is 5.78. The maximum atomic E-state index is 11.7. The predicted octanol–water partition coefficient (Wildman–Crippen LogP) is 0.868. The van der Waals surface area contributed by atoms with E-state index in [2.05, 4.69) is 17.2 Å². The first kappa shape index (κ1) is 12.6. The molecule has 1 aromatic rings. The molecule has 0 spiro atoms. The van der Waals surface area contributed by atoms with E-state index >= 15 is 0 Å². The van der Waals surface area contributed by atoms with Crippen LogP contribution in [-0.2, 0) is 11.2 Å². The van der Waals surface area contributed by atoms with E-state index in [-0.39, 0.29) is 11.9 Å². The molecule has 1 aromatic heterocycles. The molecule has 0 saturated heterocycles. The molecule has 1 rings (SSSR count). The van der Waals surface area contributed by atoms with Crippen molar-refractivity contribution < 1.29 is 4.79 Å². The van der Waals surface area contributed by atoms with E-state index in [1.807, 2.05) is 12.1 Å². The van der Waals surface area contributed by atoms with Crippen molar-refractivity contribution in [1.82, 2.24) is 10.3 Å². The number of amides is 1. The van der Waals surface area contributed by atoms with Gasteiger partial charge >= 0.3 is 0 Å². The fourth-order valence-electron chi connectivity index (χ4n) is 1.56. The third kappa shape index (κ3) is 4.40. The molecule has 0 aliphatic heterocycles. The van der Waals surface area contributed by atoms with Crippen molar-refractivity contribution >= 4 is 5.91 Å². The largest absolute Gasteiger partial charge is 0.352 e. The van der Waals surface area contributed by atoms with E-state index < -0.39 is 0 Å². The molecule has 1 heterocycles. The number of pyridine rings is 1. The van der Waals surface area contributed by atoms with Gasteiger partial charge in [-0.1, -0.05) is 13.3 Å². The number of nitrogens with zero attached hydrogens (tertiary/aromatic N) is 1. The molecule has 1 amide bonds. The molecule has 88 valence electrons. The van der Waals surface area contributed by atoms with Gasteiger partial charge in [-0.3, -0.25) is 9.78 Å². The van der Waals surface area contributed by atoms with Gasteiger partial charge in [-0.2, -0.15) is 0 Å². The number of nitrogens with two attached hydrogens (primary N) is 1. The Morgan fingerprint density at radius 3 is 2.75 bits per heavy atom. The predicted molar refractivity (Wildman–Crippen MR) is 63.8 cm³/mol. The summed E-state index contributed by atoms with van der Waals surface area (Å²) in [6.07, 6.45) is 5.73. The normalized spacial score (nSPS) is 12.1. The minimum absolute atomic E-state index is 0.0232. The maximum Gasteiger partial charge on any atom is 0.224 e. The van der Waals surface area contributed by atoms with E-state index in [4.69, 9.17) is 5.73 Å². The summed E-state index contributed by atoms with van der Waals surface area (Å²) in [6.45, 7) is 2.58. The number of carbonyl (C=O) groups excluding carboxylic acids is 1. The van der Waals surface area contributed by atoms with Crippen LogP contribution in [0.3, 0.4) is 0 Å². The van der Waals surface area contributed by atoms with Gasteiger partial charge in [0.15, 0.2) is 0 Å². The minimum Gasteiger partial charge on any atom is -0.352 e. The molecule has 0 aromatic carbocycles. The van der Waals surface area contributed by atoms with Crippen LogP contribution < -0.4 is 11.1 Å². The first-order valence-corrected chi connectivity index (χ1v) is 5.64. The first-order valence-electron chi connectivity index (χ1n) is 5.64. The zero-order valence-electron chi connectivity index (χ0n) is 9.65. The second-order valence-corrected chi connectivity index (χ2v) is 3.82. The van der Waals surface area contributed by atoms with Gasteiger partial charge in [0.1, 0.15) is 0 Å². The average molecular weight is 221 g/mol. The Balaban J connectivity index is 2.41. The van der Waals surface area contributed by atoms with Crippen LogP contribution in [0.1, 0.15) is 25.3 Å². The summed E-state index contributed by atoms with van der Waals surface area (Å²) in [5, 5.41) is 2.93. The van der Waals surface area contributed by atoms with E-state index in [0.717, 1.165) is 18.4 Å². The molecule has 0 aliphatic carbocycles. The molecule has 4 heteroatoms. The molecule has 0 fully saturated rings. The fourth-order valence-corrected chi connectivity index (χ4v) is 1.56. The summed E-state index contributed by atoms with van der Waals surface area (Å²) in [5.41, 5.74) is 6.55. The Hall–Kier alpha value is -1.42. The zero-order valence-corrected chi connectivity index (χ0v) is 9.65. The molecule has 0 aliphatic rings. The molecule has 3 N–H and O–H groups in total. The van der Waals surface area contributed by atoms with Gasteiger partial charge < -0.3 is 11.1 Å². The van der Waals surface area contributed by atoms with Gasteiger partial charge in [0.25, 0.3) is 0 Å². The number of carbonyl (C=O) groups is 1. The zero-order chi connectivity index (χ0) is 11.8. The van der Waals surface area contributed by atoms with Crippen molar-refractivity contribution in [3.63, 3.8) is 0 Å². The first-order chi connectivity index (χ1) is 7.76.